The third-order valence-corrected chi connectivity index (χ3v) is 4.31. The summed E-state index contributed by atoms with van der Waals surface area (Å²) in [6, 6.07) is 7.23. The van der Waals surface area contributed by atoms with E-state index in [0.717, 1.165) is 37.5 Å². The van der Waals surface area contributed by atoms with Crippen molar-refractivity contribution in [2.24, 2.45) is 5.41 Å². The van der Waals surface area contributed by atoms with Crippen LogP contribution in [0.5, 0.6) is 5.75 Å². The van der Waals surface area contributed by atoms with Crippen molar-refractivity contribution in [3.63, 3.8) is 0 Å². The SMILES string of the molecule is COc1ccc([C@@H](C[N+](=O)[O-])C2(C=O)CCCC2)cc1. The number of carbonyl (C=O) groups excluding carboxylic acids is 1. The number of aldehydes is 1. The molecule has 0 bridgehead atoms. The van der Waals surface area contributed by atoms with Crippen LogP contribution < -0.4 is 4.74 Å². The largest absolute Gasteiger partial charge is 0.497 e. The molecule has 1 aromatic carbocycles. The predicted octanol–water partition coefficient (Wildman–Crippen LogP) is 2.81. The van der Waals surface area contributed by atoms with Crippen molar-refractivity contribution >= 4 is 6.29 Å². The maximum Gasteiger partial charge on any atom is 0.211 e. The van der Waals surface area contributed by atoms with Crippen molar-refractivity contribution in [3.05, 3.63) is 39.9 Å². The molecule has 5 heteroatoms. The summed E-state index contributed by atoms with van der Waals surface area (Å²) in [5.74, 6) is 0.351. The number of benzene rings is 1. The van der Waals surface area contributed by atoms with Crippen molar-refractivity contribution in [2.75, 3.05) is 13.7 Å². The first-order valence-corrected chi connectivity index (χ1v) is 6.83. The van der Waals surface area contributed by atoms with Gasteiger partial charge in [-0.25, -0.2) is 0 Å². The molecule has 0 amide bonds. The Morgan fingerprint density at radius 1 is 1.35 bits per heavy atom. The van der Waals surface area contributed by atoms with E-state index in [1.54, 1.807) is 19.2 Å². The van der Waals surface area contributed by atoms with Gasteiger partial charge in [0.15, 0.2) is 0 Å². The lowest BCUT2D eigenvalue weighted by molar-refractivity contribution is -0.485. The molecule has 0 heterocycles. The lowest BCUT2D eigenvalue weighted by atomic mass is 9.71. The van der Waals surface area contributed by atoms with Crippen LogP contribution in [0.15, 0.2) is 24.3 Å². The van der Waals surface area contributed by atoms with Crippen LogP contribution >= 0.6 is 0 Å². The number of carbonyl (C=O) groups is 1. The summed E-state index contributed by atoms with van der Waals surface area (Å²) in [5, 5.41) is 11.0. The van der Waals surface area contributed by atoms with Gasteiger partial charge < -0.3 is 9.53 Å². The highest BCUT2D eigenvalue weighted by Crippen LogP contribution is 2.47. The molecule has 0 aromatic heterocycles. The molecule has 5 nitrogen and oxygen atoms in total. The van der Waals surface area contributed by atoms with Gasteiger partial charge in [0.2, 0.25) is 6.54 Å². The minimum atomic E-state index is -0.582. The van der Waals surface area contributed by atoms with Gasteiger partial charge in [-0.05, 0) is 30.5 Å². The van der Waals surface area contributed by atoms with Gasteiger partial charge >= 0.3 is 0 Å². The highest BCUT2D eigenvalue weighted by molar-refractivity contribution is 5.62. The second kappa shape index (κ2) is 6.03. The van der Waals surface area contributed by atoms with Crippen LogP contribution in [-0.2, 0) is 4.79 Å². The number of ether oxygens (including phenoxy) is 1. The van der Waals surface area contributed by atoms with Gasteiger partial charge in [-0.2, -0.15) is 0 Å². The molecule has 108 valence electrons. The van der Waals surface area contributed by atoms with E-state index in [2.05, 4.69) is 0 Å². The summed E-state index contributed by atoms with van der Waals surface area (Å²) >= 11 is 0. The molecule has 1 fully saturated rings. The molecule has 1 aliphatic carbocycles. The van der Waals surface area contributed by atoms with E-state index in [9.17, 15) is 14.9 Å². The van der Waals surface area contributed by atoms with Crippen molar-refractivity contribution in [1.82, 2.24) is 0 Å². The van der Waals surface area contributed by atoms with Crippen molar-refractivity contribution in [1.29, 1.82) is 0 Å². The number of hydrogen-bond acceptors (Lipinski definition) is 4. The highest BCUT2D eigenvalue weighted by Gasteiger charge is 2.44. The fraction of sp³-hybridized carbons (Fsp3) is 0.533. The minimum absolute atomic E-state index is 0.203. The molecule has 20 heavy (non-hydrogen) atoms. The average molecular weight is 277 g/mol. The van der Waals surface area contributed by atoms with Gasteiger partial charge in [0, 0.05) is 10.3 Å². The Hall–Kier alpha value is -1.91. The Balaban J connectivity index is 2.35. The first-order chi connectivity index (χ1) is 9.61. The van der Waals surface area contributed by atoms with Gasteiger partial charge in [0.1, 0.15) is 12.0 Å². The average Bonchev–Trinajstić information content (AvgIpc) is 2.95. The molecule has 1 aliphatic rings. The Bertz CT molecular complexity index is 477. The first-order valence-electron chi connectivity index (χ1n) is 6.83. The Morgan fingerprint density at radius 3 is 2.40 bits per heavy atom. The van der Waals surface area contributed by atoms with Crippen LogP contribution in [0.3, 0.4) is 0 Å². The van der Waals surface area contributed by atoms with Crippen LogP contribution in [0, 0.1) is 15.5 Å². The summed E-state index contributed by atoms with van der Waals surface area (Å²) in [6.07, 6.45) is 4.34. The van der Waals surface area contributed by atoms with Crippen LogP contribution in [-0.4, -0.2) is 24.9 Å². The van der Waals surface area contributed by atoms with Gasteiger partial charge in [-0.15, -0.1) is 0 Å². The van der Waals surface area contributed by atoms with E-state index >= 15 is 0 Å². The van der Waals surface area contributed by atoms with E-state index in [0.29, 0.717) is 5.75 Å². The summed E-state index contributed by atoms with van der Waals surface area (Å²) in [4.78, 5) is 22.3. The Kier molecular flexibility index (Phi) is 4.37. The number of methoxy groups -OCH3 is 1. The molecular formula is C15H19NO4. The quantitative estimate of drug-likeness (QED) is 0.455. The zero-order valence-corrected chi connectivity index (χ0v) is 11.6. The second-order valence-electron chi connectivity index (χ2n) is 5.40. The molecule has 1 atom stereocenters. The molecule has 0 unspecified atom stereocenters. The predicted molar refractivity (Wildman–Crippen MR) is 74.6 cm³/mol. The van der Waals surface area contributed by atoms with Crippen molar-refractivity contribution < 1.29 is 14.5 Å². The van der Waals surface area contributed by atoms with E-state index in [-0.39, 0.29) is 17.4 Å². The summed E-state index contributed by atoms with van der Waals surface area (Å²) < 4.78 is 5.10. The summed E-state index contributed by atoms with van der Waals surface area (Å²) in [5.41, 5.74) is 0.262. The molecule has 0 N–H and O–H groups in total. The molecule has 0 saturated heterocycles. The molecule has 0 spiro atoms. The fourth-order valence-electron chi connectivity index (χ4n) is 3.19. The second-order valence-corrected chi connectivity index (χ2v) is 5.40. The van der Waals surface area contributed by atoms with Crippen LogP contribution in [0.1, 0.15) is 37.2 Å². The van der Waals surface area contributed by atoms with E-state index in [1.807, 2.05) is 12.1 Å². The van der Waals surface area contributed by atoms with E-state index in [1.165, 1.54) is 0 Å². The van der Waals surface area contributed by atoms with Gasteiger partial charge in [0.05, 0.1) is 13.0 Å². The lowest BCUT2D eigenvalue weighted by Gasteiger charge is -2.30. The number of nitro groups is 1. The standard InChI is InChI=1S/C15H19NO4/c1-20-13-6-4-12(5-7-13)14(10-16(18)19)15(11-17)8-2-3-9-15/h4-7,11,14H,2-3,8-10H2,1H3/t14-/m1/s1. The molecular weight excluding hydrogens is 258 g/mol. The van der Waals surface area contributed by atoms with Gasteiger partial charge in [0.25, 0.3) is 0 Å². The smallest absolute Gasteiger partial charge is 0.211 e. The maximum absolute atomic E-state index is 11.6. The lowest BCUT2D eigenvalue weighted by Crippen LogP contribution is -2.32. The monoisotopic (exact) mass is 277 g/mol. The van der Waals surface area contributed by atoms with Crippen molar-refractivity contribution in [3.8, 4) is 5.75 Å². The summed E-state index contributed by atoms with van der Waals surface area (Å²) in [7, 11) is 1.58. The number of hydrogen-bond donors (Lipinski definition) is 0. The zero-order valence-electron chi connectivity index (χ0n) is 11.6. The minimum Gasteiger partial charge on any atom is -0.497 e. The number of rotatable bonds is 6. The van der Waals surface area contributed by atoms with E-state index < -0.39 is 5.41 Å². The fourth-order valence-corrected chi connectivity index (χ4v) is 3.19. The van der Waals surface area contributed by atoms with Gasteiger partial charge in [-0.3, -0.25) is 10.1 Å². The summed E-state index contributed by atoms with van der Waals surface area (Å²) in [6.45, 7) is -0.203. The Labute approximate surface area is 118 Å². The molecule has 1 aromatic rings. The van der Waals surface area contributed by atoms with Crippen LogP contribution in [0.4, 0.5) is 0 Å². The van der Waals surface area contributed by atoms with Gasteiger partial charge in [-0.1, -0.05) is 25.0 Å². The normalized spacial score (nSPS) is 18.4. The molecule has 2 rings (SSSR count). The molecule has 0 aliphatic heterocycles. The zero-order chi connectivity index (χ0) is 14.6. The third kappa shape index (κ3) is 2.81. The third-order valence-electron chi connectivity index (χ3n) is 4.31. The van der Waals surface area contributed by atoms with Crippen LogP contribution in [0.2, 0.25) is 0 Å². The first kappa shape index (κ1) is 14.5. The molecule has 1 saturated carbocycles. The maximum atomic E-state index is 11.6. The van der Waals surface area contributed by atoms with E-state index in [4.69, 9.17) is 4.74 Å². The van der Waals surface area contributed by atoms with Crippen molar-refractivity contribution in [2.45, 2.75) is 31.6 Å². The molecule has 0 radical (unpaired) electrons. The number of nitrogens with zero attached hydrogens (tertiary/aromatic N) is 1. The Morgan fingerprint density at radius 2 is 1.95 bits per heavy atom. The topological polar surface area (TPSA) is 69.4 Å². The highest BCUT2D eigenvalue weighted by atomic mass is 16.6. The van der Waals surface area contributed by atoms with Crippen LogP contribution in [0.25, 0.3) is 0 Å².